The highest BCUT2D eigenvalue weighted by molar-refractivity contribution is 5.00. The Morgan fingerprint density at radius 3 is 1.86 bits per heavy atom. The Labute approximate surface area is 171 Å². The second-order valence-electron chi connectivity index (χ2n) is 8.06. The molecule has 0 aromatic heterocycles. The lowest BCUT2D eigenvalue weighted by molar-refractivity contribution is -0.211. The van der Waals surface area contributed by atoms with Gasteiger partial charge in [-0.25, -0.2) is 0 Å². The van der Waals surface area contributed by atoms with Gasteiger partial charge in [-0.05, 0) is 82.6 Å². The van der Waals surface area contributed by atoms with Crippen LogP contribution in [0.4, 0.5) is 13.2 Å². The summed E-state index contributed by atoms with van der Waals surface area (Å²) in [6, 6.07) is -1.24. The molecule has 3 nitrogen and oxygen atoms in total. The minimum Gasteiger partial charge on any atom is -0.381 e. The molecule has 3 fully saturated rings. The van der Waals surface area contributed by atoms with Crippen molar-refractivity contribution >= 4 is 0 Å². The molecule has 3 rings (SSSR count). The number of rotatable bonds is 4. The lowest BCUT2D eigenvalue weighted by Gasteiger charge is -2.53. The van der Waals surface area contributed by atoms with E-state index >= 15 is 0 Å². The van der Waals surface area contributed by atoms with Gasteiger partial charge in [0.05, 0.1) is 6.10 Å². The first-order valence-corrected chi connectivity index (χ1v) is 11.4. The average molecular weight is 409 g/mol. The zero-order chi connectivity index (χ0) is 21.4. The Morgan fingerprint density at radius 2 is 1.46 bits per heavy atom. The molecule has 0 aromatic rings. The van der Waals surface area contributed by atoms with Crippen LogP contribution in [0.2, 0.25) is 0 Å². The van der Waals surface area contributed by atoms with Crippen molar-refractivity contribution in [3.05, 3.63) is 0 Å². The lowest BCUT2D eigenvalue weighted by atomic mass is 9.61. The Balaban J connectivity index is 0.000000921. The van der Waals surface area contributed by atoms with E-state index in [9.17, 15) is 13.2 Å². The molecule has 0 bridgehead atoms. The number of hydrogen-bond donors (Lipinski definition) is 0. The molecule has 0 amide bonds. The van der Waals surface area contributed by atoms with Crippen LogP contribution in [0.5, 0.6) is 0 Å². The summed E-state index contributed by atoms with van der Waals surface area (Å²) in [7, 11) is 1.73. The number of likely N-dealkylation sites (tertiary alicyclic amines) is 2. The molecule has 3 aliphatic rings. The van der Waals surface area contributed by atoms with Gasteiger partial charge < -0.3 is 9.64 Å². The maximum atomic E-state index is 13.8. The molecule has 2 saturated heterocycles. The van der Waals surface area contributed by atoms with E-state index in [1.165, 1.54) is 0 Å². The molecular formula is C22H43F3N2O. The zero-order valence-corrected chi connectivity index (χ0v) is 18.9. The fourth-order valence-electron chi connectivity index (χ4n) is 5.11. The molecule has 2 aliphatic heterocycles. The van der Waals surface area contributed by atoms with Crippen LogP contribution in [0, 0.1) is 11.3 Å². The lowest BCUT2D eigenvalue weighted by Crippen LogP contribution is -2.58. The third-order valence-corrected chi connectivity index (χ3v) is 6.77. The first-order chi connectivity index (χ1) is 13.4. The van der Waals surface area contributed by atoms with Crippen molar-refractivity contribution in [2.75, 3.05) is 39.8 Å². The van der Waals surface area contributed by atoms with E-state index in [1.807, 2.05) is 27.7 Å². The van der Waals surface area contributed by atoms with Crippen LogP contribution in [0.3, 0.4) is 0 Å². The van der Waals surface area contributed by atoms with Gasteiger partial charge in [0.1, 0.15) is 6.04 Å². The van der Waals surface area contributed by atoms with Crippen LogP contribution in [0.1, 0.15) is 73.1 Å². The normalized spacial score (nSPS) is 25.2. The summed E-state index contributed by atoms with van der Waals surface area (Å²) in [5.41, 5.74) is 0.263. The summed E-state index contributed by atoms with van der Waals surface area (Å²) >= 11 is 0. The summed E-state index contributed by atoms with van der Waals surface area (Å²) in [6.07, 6.45) is 1.41. The van der Waals surface area contributed by atoms with Crippen molar-refractivity contribution in [1.29, 1.82) is 0 Å². The number of piperidine rings is 2. The largest absolute Gasteiger partial charge is 0.404 e. The Morgan fingerprint density at radius 1 is 0.964 bits per heavy atom. The van der Waals surface area contributed by atoms with E-state index < -0.39 is 12.2 Å². The predicted molar refractivity (Wildman–Crippen MR) is 111 cm³/mol. The van der Waals surface area contributed by atoms with Crippen LogP contribution >= 0.6 is 0 Å². The van der Waals surface area contributed by atoms with E-state index in [-0.39, 0.29) is 11.3 Å². The van der Waals surface area contributed by atoms with Crippen LogP contribution < -0.4 is 0 Å². The van der Waals surface area contributed by atoms with Crippen LogP contribution in [-0.2, 0) is 4.74 Å². The van der Waals surface area contributed by atoms with Gasteiger partial charge in [-0.3, -0.25) is 4.90 Å². The number of alkyl halides is 3. The first kappa shape index (κ1) is 25.7. The Kier molecular flexibility index (Phi) is 10.8. The third kappa shape index (κ3) is 6.33. The van der Waals surface area contributed by atoms with Gasteiger partial charge in [0.25, 0.3) is 0 Å². The summed E-state index contributed by atoms with van der Waals surface area (Å²) in [5.74, 6) is -0.241. The van der Waals surface area contributed by atoms with Gasteiger partial charge in [-0.15, -0.1) is 0 Å². The van der Waals surface area contributed by atoms with E-state index in [0.29, 0.717) is 32.0 Å². The van der Waals surface area contributed by atoms with E-state index in [1.54, 1.807) is 12.0 Å². The van der Waals surface area contributed by atoms with Gasteiger partial charge in [0, 0.05) is 7.11 Å². The van der Waals surface area contributed by atoms with Crippen molar-refractivity contribution in [3.8, 4) is 0 Å². The summed E-state index contributed by atoms with van der Waals surface area (Å²) < 4.78 is 46.8. The maximum Gasteiger partial charge on any atom is 0.404 e. The molecule has 1 spiro atoms. The van der Waals surface area contributed by atoms with Crippen LogP contribution in [-0.4, -0.2) is 68.0 Å². The minimum atomic E-state index is -4.11. The standard InChI is InChI=1S/C18H31F3N2O.2C2H6/c1-3-22-8-4-14(5-9-22)16(18(19,20)21)23-10-6-17(7-11-23)12-15(13-17)24-2;2*1-2/h14-16H,3-13H2,1-2H3;2*1-2H3. The minimum absolute atomic E-state index is 0.241. The highest BCUT2D eigenvalue weighted by atomic mass is 19.4. The monoisotopic (exact) mass is 408 g/mol. The van der Waals surface area contributed by atoms with Gasteiger partial charge in [0.15, 0.2) is 0 Å². The molecule has 1 unspecified atom stereocenters. The van der Waals surface area contributed by atoms with Crippen molar-refractivity contribution < 1.29 is 17.9 Å². The molecule has 1 atom stereocenters. The molecule has 0 aromatic carbocycles. The molecule has 168 valence electrons. The molecule has 1 saturated carbocycles. The third-order valence-electron chi connectivity index (χ3n) is 6.77. The van der Waals surface area contributed by atoms with Crippen molar-refractivity contribution in [2.45, 2.75) is 91.5 Å². The van der Waals surface area contributed by atoms with E-state index in [4.69, 9.17) is 4.74 Å². The average Bonchev–Trinajstić information content (AvgIpc) is 2.69. The highest BCUT2D eigenvalue weighted by Gasteiger charge is 2.52. The number of ether oxygens (including phenoxy) is 1. The molecule has 6 heteroatoms. The Hall–Kier alpha value is -0.330. The van der Waals surface area contributed by atoms with Gasteiger partial charge in [-0.1, -0.05) is 34.6 Å². The molecule has 2 heterocycles. The van der Waals surface area contributed by atoms with E-state index in [2.05, 4.69) is 11.8 Å². The van der Waals surface area contributed by atoms with Crippen molar-refractivity contribution in [2.24, 2.45) is 11.3 Å². The first-order valence-electron chi connectivity index (χ1n) is 11.4. The number of methoxy groups -OCH3 is 1. The SMILES string of the molecule is CC.CC.CCN1CCC(C(N2CCC3(CC2)CC(OC)C3)C(F)(F)F)CC1. The van der Waals surface area contributed by atoms with Gasteiger partial charge in [-0.2, -0.15) is 13.2 Å². The quantitative estimate of drug-likeness (QED) is 0.603. The van der Waals surface area contributed by atoms with Crippen molar-refractivity contribution in [3.63, 3.8) is 0 Å². The maximum absolute atomic E-state index is 13.8. The van der Waals surface area contributed by atoms with Gasteiger partial charge >= 0.3 is 6.18 Å². The summed E-state index contributed by atoms with van der Waals surface area (Å²) in [5, 5.41) is 0. The van der Waals surface area contributed by atoms with E-state index in [0.717, 1.165) is 45.3 Å². The van der Waals surface area contributed by atoms with Gasteiger partial charge in [0.2, 0.25) is 0 Å². The molecule has 0 N–H and O–H groups in total. The number of hydrogen-bond acceptors (Lipinski definition) is 3. The second-order valence-corrected chi connectivity index (χ2v) is 8.06. The van der Waals surface area contributed by atoms with Crippen LogP contribution in [0.15, 0.2) is 0 Å². The van der Waals surface area contributed by atoms with Crippen LogP contribution in [0.25, 0.3) is 0 Å². The molecule has 1 aliphatic carbocycles. The molecule has 28 heavy (non-hydrogen) atoms. The molecule has 0 radical (unpaired) electrons. The summed E-state index contributed by atoms with van der Waals surface area (Å²) in [6.45, 7) is 13.8. The Bertz CT molecular complexity index is 406. The topological polar surface area (TPSA) is 15.7 Å². The number of halogens is 3. The zero-order valence-electron chi connectivity index (χ0n) is 18.9. The number of nitrogens with zero attached hydrogens (tertiary/aromatic N) is 2. The summed E-state index contributed by atoms with van der Waals surface area (Å²) in [4.78, 5) is 4.01. The smallest absolute Gasteiger partial charge is 0.381 e. The highest BCUT2D eigenvalue weighted by Crippen LogP contribution is 2.51. The molecular weight excluding hydrogens is 365 g/mol. The second kappa shape index (κ2) is 11.8. The fraction of sp³-hybridized carbons (Fsp3) is 1.00. The fourth-order valence-corrected chi connectivity index (χ4v) is 5.11. The predicted octanol–water partition coefficient (Wildman–Crippen LogP) is 5.59. The van der Waals surface area contributed by atoms with Crippen molar-refractivity contribution in [1.82, 2.24) is 9.80 Å².